The second-order valence-electron chi connectivity index (χ2n) is 5.99. The summed E-state index contributed by atoms with van der Waals surface area (Å²) in [5.41, 5.74) is 0. The standard InChI is InChI=1S/C15H22F2N2O2S/c1-11-5-7-19(8-6-11)12(2)10-18-22(20,21)15-4-3-13(16)9-14(15)17/h3-4,9,11-12,18H,5-8,10H2,1-2H3. The van der Waals surface area contributed by atoms with Crippen molar-refractivity contribution in [2.24, 2.45) is 5.92 Å². The first-order valence-corrected chi connectivity index (χ1v) is 8.96. The Bertz CT molecular complexity index is 614. The van der Waals surface area contributed by atoms with Crippen LogP contribution in [0, 0.1) is 17.6 Å². The van der Waals surface area contributed by atoms with Crippen molar-refractivity contribution < 1.29 is 17.2 Å². The fraction of sp³-hybridized carbons (Fsp3) is 0.600. The summed E-state index contributed by atoms with van der Waals surface area (Å²) in [7, 11) is -3.97. The summed E-state index contributed by atoms with van der Waals surface area (Å²) < 4.78 is 53.1. The van der Waals surface area contributed by atoms with Crippen molar-refractivity contribution in [3.63, 3.8) is 0 Å². The topological polar surface area (TPSA) is 49.4 Å². The molecule has 1 aliphatic rings. The molecule has 22 heavy (non-hydrogen) atoms. The first-order valence-electron chi connectivity index (χ1n) is 7.48. The van der Waals surface area contributed by atoms with Gasteiger partial charge >= 0.3 is 0 Å². The first kappa shape index (κ1) is 17.3. The number of rotatable bonds is 5. The monoisotopic (exact) mass is 332 g/mol. The summed E-state index contributed by atoms with van der Waals surface area (Å²) in [6.07, 6.45) is 2.20. The molecule has 1 heterocycles. The number of benzene rings is 1. The van der Waals surface area contributed by atoms with Gasteiger partial charge in [0.15, 0.2) is 0 Å². The molecule has 0 aromatic heterocycles. The molecule has 1 N–H and O–H groups in total. The van der Waals surface area contributed by atoms with E-state index in [-0.39, 0.29) is 12.6 Å². The van der Waals surface area contributed by atoms with Crippen LogP contribution in [0.1, 0.15) is 26.7 Å². The number of sulfonamides is 1. The van der Waals surface area contributed by atoms with E-state index in [1.54, 1.807) is 0 Å². The Morgan fingerprint density at radius 2 is 1.95 bits per heavy atom. The number of nitrogens with one attached hydrogen (secondary N) is 1. The van der Waals surface area contributed by atoms with Crippen molar-refractivity contribution in [2.75, 3.05) is 19.6 Å². The Kier molecular flexibility index (Phi) is 5.52. The Balaban J connectivity index is 1.97. The predicted octanol–water partition coefficient (Wildman–Crippen LogP) is 2.36. The average molecular weight is 332 g/mol. The molecule has 7 heteroatoms. The van der Waals surface area contributed by atoms with Crippen LogP contribution in [0.2, 0.25) is 0 Å². The van der Waals surface area contributed by atoms with Crippen molar-refractivity contribution in [1.29, 1.82) is 0 Å². The Morgan fingerprint density at radius 3 is 2.55 bits per heavy atom. The van der Waals surface area contributed by atoms with Gasteiger partial charge in [-0.15, -0.1) is 0 Å². The van der Waals surface area contributed by atoms with Gasteiger partial charge in [-0.1, -0.05) is 6.92 Å². The zero-order valence-corrected chi connectivity index (χ0v) is 13.7. The molecule has 0 spiro atoms. The third-order valence-corrected chi connectivity index (χ3v) is 5.65. The lowest BCUT2D eigenvalue weighted by Gasteiger charge is -2.34. The lowest BCUT2D eigenvalue weighted by molar-refractivity contribution is 0.148. The minimum atomic E-state index is -3.97. The fourth-order valence-electron chi connectivity index (χ4n) is 2.60. The maximum atomic E-state index is 13.6. The molecular weight excluding hydrogens is 310 g/mol. The Labute approximate surface area is 130 Å². The molecule has 1 aromatic carbocycles. The molecule has 4 nitrogen and oxygen atoms in total. The lowest BCUT2D eigenvalue weighted by Crippen LogP contribution is -2.45. The van der Waals surface area contributed by atoms with Gasteiger partial charge in [-0.25, -0.2) is 21.9 Å². The van der Waals surface area contributed by atoms with Crippen molar-refractivity contribution in [3.8, 4) is 0 Å². The predicted molar refractivity (Wildman–Crippen MR) is 81.0 cm³/mol. The first-order chi connectivity index (χ1) is 10.3. The molecule has 0 amide bonds. The summed E-state index contributed by atoms with van der Waals surface area (Å²) >= 11 is 0. The van der Waals surface area contributed by atoms with Crippen LogP contribution in [0.3, 0.4) is 0 Å². The number of nitrogens with zero attached hydrogens (tertiary/aromatic N) is 1. The third kappa shape index (κ3) is 4.24. The summed E-state index contributed by atoms with van der Waals surface area (Å²) in [5.74, 6) is -1.17. The highest BCUT2D eigenvalue weighted by Gasteiger charge is 2.24. The maximum Gasteiger partial charge on any atom is 0.243 e. The third-order valence-electron chi connectivity index (χ3n) is 4.19. The van der Waals surface area contributed by atoms with Crippen molar-refractivity contribution >= 4 is 10.0 Å². The quantitative estimate of drug-likeness (QED) is 0.900. The van der Waals surface area contributed by atoms with Gasteiger partial charge in [0.25, 0.3) is 0 Å². The van der Waals surface area contributed by atoms with E-state index in [4.69, 9.17) is 0 Å². The molecule has 0 saturated carbocycles. The smallest absolute Gasteiger partial charge is 0.243 e. The minimum absolute atomic E-state index is 0.0331. The van der Waals surface area contributed by atoms with E-state index in [2.05, 4.69) is 16.5 Å². The highest BCUT2D eigenvalue weighted by molar-refractivity contribution is 7.89. The second-order valence-corrected chi connectivity index (χ2v) is 7.73. The largest absolute Gasteiger partial charge is 0.299 e. The van der Waals surface area contributed by atoms with Crippen LogP contribution in [0.5, 0.6) is 0 Å². The summed E-state index contributed by atoms with van der Waals surface area (Å²) in [6.45, 7) is 6.24. The molecule has 0 radical (unpaired) electrons. The second kappa shape index (κ2) is 7.02. The molecule has 1 saturated heterocycles. The van der Waals surface area contributed by atoms with E-state index in [0.29, 0.717) is 12.0 Å². The van der Waals surface area contributed by atoms with Crippen molar-refractivity contribution in [3.05, 3.63) is 29.8 Å². The van der Waals surface area contributed by atoms with E-state index in [0.717, 1.165) is 38.1 Å². The summed E-state index contributed by atoms with van der Waals surface area (Å²) in [6, 6.07) is 2.49. The molecule has 124 valence electrons. The Morgan fingerprint density at radius 1 is 1.32 bits per heavy atom. The highest BCUT2D eigenvalue weighted by atomic mass is 32.2. The number of hydrogen-bond donors (Lipinski definition) is 1. The van der Waals surface area contributed by atoms with E-state index in [9.17, 15) is 17.2 Å². The minimum Gasteiger partial charge on any atom is -0.299 e. The number of piperidine rings is 1. The molecule has 1 fully saturated rings. The van der Waals surface area contributed by atoms with E-state index in [1.165, 1.54) is 0 Å². The van der Waals surface area contributed by atoms with Gasteiger partial charge in [0.05, 0.1) is 0 Å². The normalized spacial score (nSPS) is 19.3. The summed E-state index contributed by atoms with van der Waals surface area (Å²) in [5, 5.41) is 0. The van der Waals surface area contributed by atoms with Crippen LogP contribution in [-0.2, 0) is 10.0 Å². The zero-order chi connectivity index (χ0) is 16.3. The number of hydrogen-bond acceptors (Lipinski definition) is 3. The molecule has 0 bridgehead atoms. The fourth-order valence-corrected chi connectivity index (χ4v) is 3.78. The SMILES string of the molecule is CC1CCN(C(C)CNS(=O)(=O)c2ccc(F)cc2F)CC1. The van der Waals surface area contributed by atoms with Gasteiger partial charge in [-0.3, -0.25) is 4.90 Å². The van der Waals surface area contributed by atoms with Crippen LogP contribution in [0.25, 0.3) is 0 Å². The van der Waals surface area contributed by atoms with E-state index >= 15 is 0 Å². The van der Waals surface area contributed by atoms with Crippen molar-refractivity contribution in [2.45, 2.75) is 37.6 Å². The van der Waals surface area contributed by atoms with Crippen LogP contribution in [-0.4, -0.2) is 39.0 Å². The van der Waals surface area contributed by atoms with E-state index in [1.807, 2.05) is 6.92 Å². The van der Waals surface area contributed by atoms with Gasteiger partial charge in [-0.2, -0.15) is 0 Å². The van der Waals surface area contributed by atoms with Gasteiger partial charge in [0.2, 0.25) is 10.0 Å². The van der Waals surface area contributed by atoms with Crippen molar-refractivity contribution in [1.82, 2.24) is 9.62 Å². The molecule has 1 aliphatic heterocycles. The molecule has 1 atom stereocenters. The van der Waals surface area contributed by atoms with Gasteiger partial charge in [0, 0.05) is 18.7 Å². The van der Waals surface area contributed by atoms with Gasteiger partial charge in [-0.05, 0) is 50.9 Å². The number of halogens is 2. The summed E-state index contributed by atoms with van der Waals surface area (Å²) in [4.78, 5) is 1.71. The molecular formula is C15H22F2N2O2S. The molecule has 0 aliphatic carbocycles. The van der Waals surface area contributed by atoms with Crippen LogP contribution < -0.4 is 4.72 Å². The lowest BCUT2D eigenvalue weighted by atomic mass is 9.98. The molecule has 1 unspecified atom stereocenters. The Hall–Kier alpha value is -1.05. The van der Waals surface area contributed by atoms with E-state index < -0.39 is 26.6 Å². The van der Waals surface area contributed by atoms with Crippen LogP contribution in [0.4, 0.5) is 8.78 Å². The average Bonchev–Trinajstić information content (AvgIpc) is 2.45. The molecule has 2 rings (SSSR count). The zero-order valence-electron chi connectivity index (χ0n) is 12.9. The van der Waals surface area contributed by atoms with Gasteiger partial charge < -0.3 is 0 Å². The molecule has 1 aromatic rings. The van der Waals surface area contributed by atoms with Crippen LogP contribution >= 0.6 is 0 Å². The number of likely N-dealkylation sites (tertiary alicyclic amines) is 1. The highest BCUT2D eigenvalue weighted by Crippen LogP contribution is 2.19. The van der Waals surface area contributed by atoms with Crippen LogP contribution in [0.15, 0.2) is 23.1 Å². The van der Waals surface area contributed by atoms with Gasteiger partial charge in [0.1, 0.15) is 16.5 Å². The maximum absolute atomic E-state index is 13.6.